The smallest absolute Gasteiger partial charge is 0.340 e. The summed E-state index contributed by atoms with van der Waals surface area (Å²) >= 11 is 0. The minimum atomic E-state index is -1.56. The number of aliphatic hydroxyl groups excluding tert-OH is 1. The van der Waals surface area contributed by atoms with Gasteiger partial charge in [-0.2, -0.15) is 0 Å². The fourth-order valence-corrected chi connectivity index (χ4v) is 8.28. The molecule has 1 saturated carbocycles. The van der Waals surface area contributed by atoms with E-state index in [-0.39, 0.29) is 36.6 Å². The number of cyclic esters (lactones) is 1. The minimum Gasteiger partial charge on any atom is -0.481 e. The average Bonchev–Trinajstić information content (AvgIpc) is 3.56. The number of rotatable bonds is 20. The second-order valence-corrected chi connectivity index (χ2v) is 14.8. The number of nitrogens with zero attached hydrogens (tertiary/aromatic N) is 2. The maximum atomic E-state index is 14.1. The number of aliphatic carboxylic acids is 1. The fourth-order valence-electron chi connectivity index (χ4n) is 8.28. The van der Waals surface area contributed by atoms with Gasteiger partial charge in [0.1, 0.15) is 5.60 Å². The van der Waals surface area contributed by atoms with E-state index in [4.69, 9.17) is 34.4 Å². The van der Waals surface area contributed by atoms with Gasteiger partial charge in [-0.05, 0) is 68.4 Å². The number of carboxylic acids is 1. The number of pyridine rings is 2. The number of hydrogen-bond acceptors (Lipinski definition) is 12. The van der Waals surface area contributed by atoms with Crippen molar-refractivity contribution in [3.05, 3.63) is 62.9 Å². The number of carbonyl (C=O) groups excluding carboxylic acids is 2. The van der Waals surface area contributed by atoms with Crippen molar-refractivity contribution in [2.45, 2.75) is 82.5 Å². The van der Waals surface area contributed by atoms with Crippen LogP contribution in [-0.4, -0.2) is 104 Å². The molecule has 0 spiro atoms. The van der Waals surface area contributed by atoms with Crippen LogP contribution in [0.15, 0.2) is 35.1 Å². The largest absolute Gasteiger partial charge is 0.481 e. The van der Waals surface area contributed by atoms with Gasteiger partial charge >= 0.3 is 11.9 Å². The van der Waals surface area contributed by atoms with Gasteiger partial charge in [0.25, 0.3) is 5.56 Å². The van der Waals surface area contributed by atoms with Crippen LogP contribution in [0.25, 0.3) is 22.3 Å². The third-order valence-corrected chi connectivity index (χ3v) is 11.6. The van der Waals surface area contributed by atoms with Crippen molar-refractivity contribution in [1.82, 2.24) is 14.9 Å². The number of hydrogen-bond donors (Lipinski definition) is 4. The summed E-state index contributed by atoms with van der Waals surface area (Å²) in [6, 6.07) is 9.69. The van der Waals surface area contributed by atoms with Crippen LogP contribution in [0.3, 0.4) is 0 Å². The Morgan fingerprint density at radius 1 is 0.946 bits per heavy atom. The highest BCUT2D eigenvalue weighted by Crippen LogP contribution is 2.45. The van der Waals surface area contributed by atoms with Crippen LogP contribution < -0.4 is 16.6 Å². The van der Waals surface area contributed by atoms with E-state index in [1.54, 1.807) is 10.6 Å². The van der Waals surface area contributed by atoms with Crippen LogP contribution in [0.1, 0.15) is 87.2 Å². The first-order chi connectivity index (χ1) is 27.1. The van der Waals surface area contributed by atoms with Gasteiger partial charge in [0.2, 0.25) is 5.91 Å². The van der Waals surface area contributed by atoms with Gasteiger partial charge < -0.3 is 49.5 Å². The number of fused-ring (bicyclic) bond motifs is 5. The first-order valence-electron chi connectivity index (χ1n) is 19.7. The van der Waals surface area contributed by atoms with Crippen LogP contribution in [0.5, 0.6) is 0 Å². The average molecular weight is 779 g/mol. The lowest BCUT2D eigenvalue weighted by atomic mass is 9.66. The summed E-state index contributed by atoms with van der Waals surface area (Å²) in [6.45, 7) is 8.12. The van der Waals surface area contributed by atoms with Gasteiger partial charge in [-0.1, -0.05) is 19.9 Å². The molecule has 4 heterocycles. The highest BCUT2D eigenvalue weighted by molar-refractivity contribution is 5.86. The van der Waals surface area contributed by atoms with E-state index >= 15 is 0 Å². The van der Waals surface area contributed by atoms with Crippen molar-refractivity contribution in [2.24, 2.45) is 11.7 Å². The lowest BCUT2D eigenvalue weighted by Crippen LogP contribution is -2.45. The summed E-state index contributed by atoms with van der Waals surface area (Å²) in [7, 11) is 0. The first-order valence-corrected chi connectivity index (χ1v) is 19.7. The maximum absolute atomic E-state index is 14.1. The normalized spacial score (nSPS) is 21.0. The summed E-state index contributed by atoms with van der Waals surface area (Å²) in [5.74, 6) is -2.17. The van der Waals surface area contributed by atoms with E-state index in [9.17, 15) is 29.4 Å². The molecule has 0 saturated heterocycles. The Morgan fingerprint density at radius 2 is 1.59 bits per heavy atom. The number of carbonyl (C=O) groups is 3. The summed E-state index contributed by atoms with van der Waals surface area (Å²) in [4.78, 5) is 56.6. The topological polar surface area (TPSA) is 211 Å². The number of esters is 1. The molecule has 1 fully saturated rings. The van der Waals surface area contributed by atoms with E-state index in [2.05, 4.69) is 11.4 Å². The zero-order valence-electron chi connectivity index (χ0n) is 32.3. The monoisotopic (exact) mass is 778 g/mol. The van der Waals surface area contributed by atoms with Crippen molar-refractivity contribution >= 4 is 28.7 Å². The minimum absolute atomic E-state index is 0.158. The van der Waals surface area contributed by atoms with E-state index < -0.39 is 35.0 Å². The second-order valence-electron chi connectivity index (χ2n) is 14.8. The Morgan fingerprint density at radius 3 is 2.21 bits per heavy atom. The molecular weight excluding hydrogens is 724 g/mol. The van der Waals surface area contributed by atoms with Crippen molar-refractivity contribution < 1.29 is 48.3 Å². The van der Waals surface area contributed by atoms with Crippen molar-refractivity contribution in [2.75, 3.05) is 65.9 Å². The van der Waals surface area contributed by atoms with Gasteiger partial charge in [0.15, 0.2) is 6.10 Å². The van der Waals surface area contributed by atoms with Crippen LogP contribution in [0, 0.1) is 5.92 Å². The standard InChI is InChI=1S/C41H54N4O11/c1-3-41(4-2)34-30(36(47)39(51)56-41)23-32-35-28(24-45(32)37(34)48)21-27-22-29(5-6-31(27)44-35)40(10-7-26(8-11-40)38(49)50)25-43-33(46)9-13-52-15-17-54-19-20-55-18-16-53-14-12-42/h5-6,21-23,26,36,47H,3-4,7-20,24-25,42H2,1-2H3,(H,43,46)(H,49,50)/t26-,36-,40+/m0/s1. The van der Waals surface area contributed by atoms with Crippen LogP contribution in [0.4, 0.5) is 0 Å². The molecule has 2 aliphatic heterocycles. The third-order valence-electron chi connectivity index (χ3n) is 11.6. The molecule has 1 atom stereocenters. The molecule has 15 nitrogen and oxygen atoms in total. The predicted molar refractivity (Wildman–Crippen MR) is 205 cm³/mol. The molecule has 1 amide bonds. The maximum Gasteiger partial charge on any atom is 0.340 e. The Kier molecular flexibility index (Phi) is 13.6. The van der Waals surface area contributed by atoms with Gasteiger partial charge in [0, 0.05) is 41.4 Å². The number of nitrogens with one attached hydrogen (secondary N) is 1. The van der Waals surface area contributed by atoms with Gasteiger partial charge in [-0.25, -0.2) is 9.78 Å². The molecule has 304 valence electrons. The van der Waals surface area contributed by atoms with Crippen LogP contribution >= 0.6 is 0 Å². The zero-order chi connectivity index (χ0) is 39.9. The molecule has 3 aliphatic rings. The number of ether oxygens (including phenoxy) is 5. The van der Waals surface area contributed by atoms with Gasteiger partial charge in [-0.3, -0.25) is 14.4 Å². The molecule has 0 unspecified atom stereocenters. The molecule has 1 aliphatic carbocycles. The van der Waals surface area contributed by atoms with Crippen molar-refractivity contribution in [3.8, 4) is 11.4 Å². The summed E-state index contributed by atoms with van der Waals surface area (Å²) < 4.78 is 29.1. The highest BCUT2D eigenvalue weighted by atomic mass is 16.6. The lowest BCUT2D eigenvalue weighted by molar-refractivity contribution is -0.177. The number of nitrogens with two attached hydrogens (primary N) is 1. The summed E-state index contributed by atoms with van der Waals surface area (Å²) in [6.07, 6.45) is 1.54. The Hall–Kier alpha value is -4.25. The van der Waals surface area contributed by atoms with Gasteiger partial charge in [-0.15, -0.1) is 0 Å². The van der Waals surface area contributed by atoms with E-state index in [0.717, 1.165) is 16.5 Å². The number of benzene rings is 1. The molecular formula is C41H54N4O11. The number of aliphatic hydroxyl groups is 1. The van der Waals surface area contributed by atoms with E-state index in [1.165, 1.54) is 0 Å². The third kappa shape index (κ3) is 8.67. The first kappa shape index (κ1) is 41.4. The number of carboxylic acid groups (broad SMARTS) is 1. The Bertz CT molecular complexity index is 1950. The molecule has 1 aromatic carbocycles. The quantitative estimate of drug-likeness (QED) is 0.0752. The second kappa shape index (κ2) is 18.3. The fraction of sp³-hybridized carbons (Fsp3) is 0.585. The molecule has 56 heavy (non-hydrogen) atoms. The summed E-state index contributed by atoms with van der Waals surface area (Å²) in [5.41, 5.74) is 7.70. The van der Waals surface area contributed by atoms with Gasteiger partial charge in [0.05, 0.1) is 87.8 Å². The van der Waals surface area contributed by atoms with Crippen LogP contribution in [-0.2, 0) is 55.6 Å². The molecule has 0 bridgehead atoms. The van der Waals surface area contributed by atoms with Crippen LogP contribution in [0.2, 0.25) is 0 Å². The molecule has 3 aromatic rings. The highest BCUT2D eigenvalue weighted by Gasteiger charge is 2.47. The molecule has 5 N–H and O–H groups in total. The summed E-state index contributed by atoms with van der Waals surface area (Å²) in [5, 5.41) is 24.5. The SMILES string of the molecule is CCC1(CC)OC(=O)[C@@H](O)c2cc3n(c(=O)c21)Cc1cc2cc([C@]4(CNC(=O)CCOCCOCCOCCOCCN)CC[C@H](C(=O)O)CC4)ccc2nc1-3. The zero-order valence-corrected chi connectivity index (χ0v) is 32.3. The van der Waals surface area contributed by atoms with E-state index in [0.29, 0.717) is 120 Å². The number of aromatic nitrogens is 2. The molecule has 0 radical (unpaired) electrons. The Balaban J connectivity index is 1.12. The molecule has 15 heteroatoms. The van der Waals surface area contributed by atoms with Crippen molar-refractivity contribution in [1.29, 1.82) is 0 Å². The van der Waals surface area contributed by atoms with E-state index in [1.807, 2.05) is 32.0 Å². The predicted octanol–water partition coefficient (Wildman–Crippen LogP) is 3.07. The molecule has 2 aromatic heterocycles. The number of amides is 1. The molecule has 6 rings (SSSR count). The lowest BCUT2D eigenvalue weighted by Gasteiger charge is -2.40. The van der Waals surface area contributed by atoms with Crippen molar-refractivity contribution in [3.63, 3.8) is 0 Å². The Labute approximate surface area is 325 Å².